The predicted molar refractivity (Wildman–Crippen MR) is 31.8 cm³/mol. The van der Waals surface area contributed by atoms with Gasteiger partial charge in [0.25, 0.3) is 0 Å². The Labute approximate surface area is 55.6 Å². The van der Waals surface area contributed by atoms with E-state index in [1.807, 2.05) is 5.43 Å². The Morgan fingerprint density at radius 3 is 2.30 bits per heavy atom. The Morgan fingerprint density at radius 1 is 1.50 bits per heavy atom. The van der Waals surface area contributed by atoms with Crippen LogP contribution in [0.4, 0.5) is 13.2 Å². The zero-order valence-corrected chi connectivity index (χ0v) is 5.24. The van der Waals surface area contributed by atoms with Gasteiger partial charge in [-0.15, -0.1) is 13.2 Å². The molecule has 0 saturated heterocycles. The molecule has 1 N–H and O–H groups in total. The van der Waals surface area contributed by atoms with Crippen molar-refractivity contribution < 1.29 is 13.2 Å². The Kier molecular flexibility index (Phi) is 2.85. The largest absolute Gasteiger partial charge is 0.504 e. The molecule has 0 heterocycles. The van der Waals surface area contributed by atoms with Crippen molar-refractivity contribution in [2.45, 2.75) is 13.2 Å². The van der Waals surface area contributed by atoms with E-state index in [9.17, 15) is 13.2 Å². The lowest BCUT2D eigenvalue weighted by atomic mass is 10.7. The first-order valence-electron chi connectivity index (χ1n) is 2.30. The van der Waals surface area contributed by atoms with E-state index >= 15 is 0 Å². The van der Waals surface area contributed by atoms with Crippen molar-refractivity contribution in [3.63, 3.8) is 0 Å². The molecule has 0 fully saturated rings. The SMILES string of the molecule is C=NN/C(C)=N\C(F)(F)F. The first kappa shape index (κ1) is 8.93. The minimum atomic E-state index is -4.54. The summed E-state index contributed by atoms with van der Waals surface area (Å²) in [6.07, 6.45) is -4.54. The summed E-state index contributed by atoms with van der Waals surface area (Å²) >= 11 is 0. The topological polar surface area (TPSA) is 36.8 Å². The number of alkyl halides is 3. The van der Waals surface area contributed by atoms with Crippen LogP contribution < -0.4 is 5.43 Å². The molecule has 0 aromatic heterocycles. The quantitative estimate of drug-likeness (QED) is 0.260. The molecule has 0 saturated carbocycles. The number of aliphatic imine (C=N–C) groups is 1. The molecule has 0 amide bonds. The minimum Gasteiger partial charge on any atom is -0.266 e. The smallest absolute Gasteiger partial charge is 0.266 e. The fraction of sp³-hybridized carbons (Fsp3) is 0.500. The summed E-state index contributed by atoms with van der Waals surface area (Å²) in [5.74, 6) is -0.331. The second kappa shape index (κ2) is 3.19. The number of hydrazone groups is 1. The maximum Gasteiger partial charge on any atom is 0.504 e. The van der Waals surface area contributed by atoms with Gasteiger partial charge in [0.15, 0.2) is 0 Å². The van der Waals surface area contributed by atoms with Crippen LogP contribution in [0.2, 0.25) is 0 Å². The van der Waals surface area contributed by atoms with Crippen LogP contribution in [0.15, 0.2) is 10.1 Å². The standard InChI is InChI=1S/C4H6F3N3/c1-3(10-8-2)9-4(5,6)7/h2H2,1H3,(H,9,10). The molecule has 0 atom stereocenters. The normalized spacial score (nSPS) is 13.0. The van der Waals surface area contributed by atoms with Crippen LogP contribution in [0.5, 0.6) is 0 Å². The van der Waals surface area contributed by atoms with E-state index in [0.29, 0.717) is 0 Å². The molecule has 0 aromatic carbocycles. The highest BCUT2D eigenvalue weighted by atomic mass is 19.4. The van der Waals surface area contributed by atoms with E-state index in [0.717, 1.165) is 6.92 Å². The lowest BCUT2D eigenvalue weighted by molar-refractivity contribution is -0.119. The van der Waals surface area contributed by atoms with Crippen LogP contribution in [0.25, 0.3) is 0 Å². The predicted octanol–water partition coefficient (Wildman–Crippen LogP) is 1.13. The molecule has 0 rings (SSSR count). The van der Waals surface area contributed by atoms with Gasteiger partial charge in [-0.2, -0.15) is 10.1 Å². The third kappa shape index (κ3) is 5.07. The van der Waals surface area contributed by atoms with Crippen LogP contribution >= 0.6 is 0 Å². The molecule has 0 radical (unpaired) electrons. The molecule has 3 nitrogen and oxygen atoms in total. The van der Waals surface area contributed by atoms with E-state index in [4.69, 9.17) is 0 Å². The molecule has 0 aliphatic rings. The monoisotopic (exact) mass is 153 g/mol. The third-order valence-corrected chi connectivity index (χ3v) is 0.535. The fourth-order valence-corrected chi connectivity index (χ4v) is 0.330. The number of halogens is 3. The molecule has 0 unspecified atom stereocenters. The van der Waals surface area contributed by atoms with Crippen molar-refractivity contribution in [1.82, 2.24) is 5.43 Å². The summed E-state index contributed by atoms with van der Waals surface area (Å²) in [5.41, 5.74) is 1.95. The van der Waals surface area contributed by atoms with Gasteiger partial charge < -0.3 is 0 Å². The maximum atomic E-state index is 11.3. The van der Waals surface area contributed by atoms with Gasteiger partial charge >= 0.3 is 6.30 Å². The van der Waals surface area contributed by atoms with E-state index in [1.165, 1.54) is 0 Å². The minimum absolute atomic E-state index is 0.331. The van der Waals surface area contributed by atoms with Crippen molar-refractivity contribution >= 4 is 12.6 Å². The van der Waals surface area contributed by atoms with Gasteiger partial charge in [-0.05, 0) is 6.92 Å². The van der Waals surface area contributed by atoms with E-state index in [1.54, 1.807) is 0 Å². The molecular weight excluding hydrogens is 147 g/mol. The summed E-state index contributed by atoms with van der Waals surface area (Å²) in [5, 5.41) is 2.99. The van der Waals surface area contributed by atoms with E-state index in [-0.39, 0.29) is 5.84 Å². The summed E-state index contributed by atoms with van der Waals surface area (Å²) < 4.78 is 34.0. The highest BCUT2D eigenvalue weighted by Gasteiger charge is 2.26. The number of rotatable bonds is 1. The second-order valence-electron chi connectivity index (χ2n) is 1.43. The first-order valence-corrected chi connectivity index (χ1v) is 2.30. The second-order valence-corrected chi connectivity index (χ2v) is 1.43. The van der Waals surface area contributed by atoms with Gasteiger partial charge in [0.1, 0.15) is 5.84 Å². The molecule has 0 aliphatic carbocycles. The zero-order chi connectivity index (χ0) is 8.20. The third-order valence-electron chi connectivity index (χ3n) is 0.535. The van der Waals surface area contributed by atoms with Crippen LogP contribution in [0.1, 0.15) is 6.92 Å². The van der Waals surface area contributed by atoms with E-state index < -0.39 is 6.30 Å². The van der Waals surface area contributed by atoms with Crippen LogP contribution in [-0.4, -0.2) is 18.9 Å². The Bertz CT molecular complexity index is 148. The average molecular weight is 153 g/mol. The number of hydrogen-bond donors (Lipinski definition) is 1. The van der Waals surface area contributed by atoms with Gasteiger partial charge in [0.2, 0.25) is 0 Å². The highest BCUT2D eigenvalue weighted by Crippen LogP contribution is 2.15. The summed E-state index contributed by atoms with van der Waals surface area (Å²) in [6, 6.07) is 0. The van der Waals surface area contributed by atoms with Gasteiger partial charge in [-0.1, -0.05) is 0 Å². The number of nitrogens with zero attached hydrogens (tertiary/aromatic N) is 2. The Morgan fingerprint density at radius 2 is 2.00 bits per heavy atom. The molecule has 0 aliphatic heterocycles. The van der Waals surface area contributed by atoms with Crippen LogP contribution in [0, 0.1) is 0 Å². The van der Waals surface area contributed by atoms with Crippen molar-refractivity contribution in [3.05, 3.63) is 0 Å². The Hall–Kier alpha value is -1.07. The first-order chi connectivity index (χ1) is 4.45. The van der Waals surface area contributed by atoms with Crippen molar-refractivity contribution in [3.8, 4) is 0 Å². The molecule has 10 heavy (non-hydrogen) atoms. The lowest BCUT2D eigenvalue weighted by Gasteiger charge is -2.00. The lowest BCUT2D eigenvalue weighted by Crippen LogP contribution is -2.17. The molecule has 58 valence electrons. The summed E-state index contributed by atoms with van der Waals surface area (Å²) in [4.78, 5) is 2.27. The molecular formula is C4H6F3N3. The zero-order valence-electron chi connectivity index (χ0n) is 5.24. The average Bonchev–Trinajstić information content (AvgIpc) is 1.59. The molecule has 0 bridgehead atoms. The van der Waals surface area contributed by atoms with Crippen molar-refractivity contribution in [2.75, 3.05) is 0 Å². The highest BCUT2D eigenvalue weighted by molar-refractivity contribution is 5.79. The van der Waals surface area contributed by atoms with Gasteiger partial charge in [0.05, 0.1) is 0 Å². The van der Waals surface area contributed by atoms with E-state index in [2.05, 4.69) is 16.8 Å². The van der Waals surface area contributed by atoms with Gasteiger partial charge in [0, 0.05) is 6.72 Å². The van der Waals surface area contributed by atoms with Crippen molar-refractivity contribution in [2.24, 2.45) is 10.1 Å². The number of amidine groups is 1. The van der Waals surface area contributed by atoms with Crippen LogP contribution in [0.3, 0.4) is 0 Å². The van der Waals surface area contributed by atoms with Crippen LogP contribution in [-0.2, 0) is 0 Å². The number of nitrogens with one attached hydrogen (secondary N) is 1. The maximum absolute atomic E-state index is 11.3. The van der Waals surface area contributed by atoms with Gasteiger partial charge in [-0.3, -0.25) is 5.43 Å². The summed E-state index contributed by atoms with van der Waals surface area (Å²) in [6.45, 7) is 4.06. The Balaban J connectivity index is 4.02. The van der Waals surface area contributed by atoms with Crippen molar-refractivity contribution in [1.29, 1.82) is 0 Å². The molecule has 6 heteroatoms. The van der Waals surface area contributed by atoms with Gasteiger partial charge in [-0.25, -0.2) is 0 Å². The molecule has 0 aromatic rings. The molecule has 0 spiro atoms. The summed E-state index contributed by atoms with van der Waals surface area (Å²) in [7, 11) is 0. The number of hydrogen-bond acceptors (Lipinski definition) is 2. The fourth-order valence-electron chi connectivity index (χ4n) is 0.330.